The Kier molecular flexibility index (Phi) is 2.53. The first-order chi connectivity index (χ1) is 5.74. The van der Waals surface area contributed by atoms with E-state index in [-0.39, 0.29) is 5.56 Å². The predicted molar refractivity (Wildman–Crippen MR) is 41.0 cm³/mol. The first-order valence-electron chi connectivity index (χ1n) is 3.21. The van der Waals surface area contributed by atoms with Crippen LogP contribution in [0.15, 0.2) is 29.4 Å². The van der Waals surface area contributed by atoms with E-state index in [9.17, 15) is 9.18 Å². The van der Waals surface area contributed by atoms with Gasteiger partial charge in [-0.3, -0.25) is 4.79 Å². The minimum atomic E-state index is -0.461. The lowest BCUT2D eigenvalue weighted by molar-refractivity contribution is 0.106. The molecule has 1 rings (SSSR count). The van der Waals surface area contributed by atoms with Crippen molar-refractivity contribution in [3.63, 3.8) is 0 Å². The van der Waals surface area contributed by atoms with Gasteiger partial charge in [0.1, 0.15) is 12.0 Å². The third kappa shape index (κ3) is 1.88. The highest BCUT2D eigenvalue weighted by Crippen LogP contribution is 2.02. The van der Waals surface area contributed by atoms with Crippen molar-refractivity contribution in [1.29, 1.82) is 0 Å². The summed E-state index contributed by atoms with van der Waals surface area (Å²) in [5.41, 5.74) is 0.286. The second-order valence-corrected chi connectivity index (χ2v) is 2.12. The third-order valence-corrected chi connectivity index (χ3v) is 1.30. The molecule has 0 heterocycles. The van der Waals surface area contributed by atoms with Crippen molar-refractivity contribution in [3.8, 4) is 0 Å². The van der Waals surface area contributed by atoms with E-state index in [4.69, 9.17) is 5.21 Å². The minimum Gasteiger partial charge on any atom is -0.411 e. The van der Waals surface area contributed by atoms with Crippen molar-refractivity contribution in [2.75, 3.05) is 0 Å². The van der Waals surface area contributed by atoms with Gasteiger partial charge in [-0.1, -0.05) is 5.16 Å². The highest BCUT2D eigenvalue weighted by Gasteiger charge is 2.01. The third-order valence-electron chi connectivity index (χ3n) is 1.30. The van der Waals surface area contributed by atoms with Crippen LogP contribution in [0.25, 0.3) is 0 Å². The van der Waals surface area contributed by atoms with Crippen LogP contribution >= 0.6 is 0 Å². The molecule has 0 saturated heterocycles. The van der Waals surface area contributed by atoms with Gasteiger partial charge in [0.15, 0.2) is 0 Å². The standard InChI is InChI=1S/C8H6FNO2/c9-7-3-1-6(2-4-7)8(11)5-10-12/h1-5,12H. The Labute approximate surface area is 68.1 Å². The molecular weight excluding hydrogens is 161 g/mol. The van der Waals surface area contributed by atoms with Gasteiger partial charge in [0.2, 0.25) is 5.78 Å². The SMILES string of the molecule is O=C(C=NO)c1ccc(F)cc1. The van der Waals surface area contributed by atoms with Crippen LogP contribution in [-0.2, 0) is 0 Å². The fourth-order valence-electron chi connectivity index (χ4n) is 0.741. The average Bonchev–Trinajstić information content (AvgIpc) is 2.06. The molecule has 1 N–H and O–H groups in total. The molecule has 0 aliphatic heterocycles. The van der Waals surface area contributed by atoms with Crippen LogP contribution < -0.4 is 0 Å². The van der Waals surface area contributed by atoms with Gasteiger partial charge in [-0.05, 0) is 24.3 Å². The van der Waals surface area contributed by atoms with E-state index in [0.717, 1.165) is 6.21 Å². The summed E-state index contributed by atoms with van der Waals surface area (Å²) >= 11 is 0. The number of nitrogens with zero attached hydrogens (tertiary/aromatic N) is 1. The van der Waals surface area contributed by atoms with Gasteiger partial charge in [-0.25, -0.2) is 4.39 Å². The quantitative estimate of drug-likeness (QED) is 0.314. The van der Waals surface area contributed by atoms with Gasteiger partial charge in [0.05, 0.1) is 0 Å². The molecular formula is C8H6FNO2. The molecule has 12 heavy (non-hydrogen) atoms. The van der Waals surface area contributed by atoms with Crippen LogP contribution in [-0.4, -0.2) is 17.2 Å². The molecule has 62 valence electrons. The Morgan fingerprint density at radius 2 is 2.00 bits per heavy atom. The average molecular weight is 167 g/mol. The maximum Gasteiger partial charge on any atom is 0.207 e. The summed E-state index contributed by atoms with van der Waals surface area (Å²) < 4.78 is 12.3. The fourth-order valence-corrected chi connectivity index (χ4v) is 0.741. The summed E-state index contributed by atoms with van der Waals surface area (Å²) in [4.78, 5) is 10.9. The largest absolute Gasteiger partial charge is 0.411 e. The van der Waals surface area contributed by atoms with Gasteiger partial charge in [-0.2, -0.15) is 0 Å². The molecule has 0 atom stereocenters. The van der Waals surface area contributed by atoms with E-state index in [2.05, 4.69) is 5.16 Å². The van der Waals surface area contributed by atoms with Gasteiger partial charge < -0.3 is 5.21 Å². The second kappa shape index (κ2) is 3.61. The Hall–Kier alpha value is -1.71. The topological polar surface area (TPSA) is 49.7 Å². The van der Waals surface area contributed by atoms with Crippen LogP contribution in [0.5, 0.6) is 0 Å². The molecule has 1 aromatic rings. The minimum absolute atomic E-state index is 0.286. The van der Waals surface area contributed by atoms with E-state index in [1.807, 2.05) is 0 Å². The lowest BCUT2D eigenvalue weighted by atomic mass is 10.1. The number of oxime groups is 1. The van der Waals surface area contributed by atoms with Gasteiger partial charge in [0.25, 0.3) is 0 Å². The van der Waals surface area contributed by atoms with Crippen LogP contribution in [0.4, 0.5) is 4.39 Å². The molecule has 0 unspecified atom stereocenters. The normalized spacial score (nSPS) is 10.4. The van der Waals surface area contributed by atoms with E-state index in [1.54, 1.807) is 0 Å². The number of hydrogen-bond acceptors (Lipinski definition) is 3. The molecule has 0 spiro atoms. The number of halogens is 1. The molecule has 0 aromatic heterocycles. The Balaban J connectivity index is 2.90. The summed E-state index contributed by atoms with van der Waals surface area (Å²) in [7, 11) is 0. The van der Waals surface area contributed by atoms with Crippen molar-refractivity contribution in [3.05, 3.63) is 35.6 Å². The van der Waals surface area contributed by atoms with Crippen molar-refractivity contribution >= 4 is 12.0 Å². The number of carbonyl (C=O) groups is 1. The monoisotopic (exact) mass is 167 g/mol. The van der Waals surface area contributed by atoms with Crippen LogP contribution in [0, 0.1) is 5.82 Å². The molecule has 1 aromatic carbocycles. The molecule has 4 heteroatoms. The van der Waals surface area contributed by atoms with Crippen molar-refractivity contribution < 1.29 is 14.4 Å². The second-order valence-electron chi connectivity index (χ2n) is 2.12. The summed E-state index contributed by atoms with van der Waals surface area (Å²) in [5.74, 6) is -0.870. The van der Waals surface area contributed by atoms with Gasteiger partial charge in [0, 0.05) is 5.56 Å². The highest BCUT2D eigenvalue weighted by molar-refractivity contribution is 6.35. The lowest BCUT2D eigenvalue weighted by Gasteiger charge is -1.92. The molecule has 0 aliphatic carbocycles. The molecule has 0 amide bonds. The zero-order valence-electron chi connectivity index (χ0n) is 6.07. The summed E-state index contributed by atoms with van der Waals surface area (Å²) in [5, 5.41) is 10.6. The summed E-state index contributed by atoms with van der Waals surface area (Å²) in [6.07, 6.45) is 0.757. The molecule has 0 fully saturated rings. The maximum atomic E-state index is 12.3. The predicted octanol–water partition coefficient (Wildman–Crippen LogP) is 1.47. The highest BCUT2D eigenvalue weighted by atomic mass is 19.1. The van der Waals surface area contributed by atoms with E-state index in [1.165, 1.54) is 24.3 Å². The van der Waals surface area contributed by atoms with E-state index < -0.39 is 11.6 Å². The molecule has 0 aliphatic rings. The molecule has 3 nitrogen and oxygen atoms in total. The van der Waals surface area contributed by atoms with Crippen LogP contribution in [0.3, 0.4) is 0 Å². The van der Waals surface area contributed by atoms with Gasteiger partial charge >= 0.3 is 0 Å². The summed E-state index contributed by atoms with van der Waals surface area (Å²) in [6, 6.07) is 4.97. The number of rotatable bonds is 2. The lowest BCUT2D eigenvalue weighted by Crippen LogP contribution is -1.99. The number of hydrogen-bond donors (Lipinski definition) is 1. The first-order valence-corrected chi connectivity index (χ1v) is 3.21. The molecule has 0 bridgehead atoms. The Morgan fingerprint density at radius 3 is 2.50 bits per heavy atom. The zero-order chi connectivity index (χ0) is 8.97. The molecule has 0 radical (unpaired) electrons. The van der Waals surface area contributed by atoms with Gasteiger partial charge in [-0.15, -0.1) is 0 Å². The number of carbonyl (C=O) groups excluding carboxylic acids is 1. The number of ketones is 1. The smallest absolute Gasteiger partial charge is 0.207 e. The fraction of sp³-hybridized carbons (Fsp3) is 0. The number of benzene rings is 1. The summed E-state index contributed by atoms with van der Waals surface area (Å²) in [6.45, 7) is 0. The maximum absolute atomic E-state index is 12.3. The molecule has 0 saturated carbocycles. The van der Waals surface area contributed by atoms with Crippen molar-refractivity contribution in [2.24, 2.45) is 5.16 Å². The number of Topliss-reactive ketones (excluding diaryl/α,β-unsaturated/α-hetero) is 1. The Morgan fingerprint density at radius 1 is 1.42 bits per heavy atom. The van der Waals surface area contributed by atoms with E-state index >= 15 is 0 Å². The zero-order valence-corrected chi connectivity index (χ0v) is 6.07. The Bertz CT molecular complexity index is 305. The first kappa shape index (κ1) is 8.39. The van der Waals surface area contributed by atoms with E-state index in [0.29, 0.717) is 0 Å². The van der Waals surface area contributed by atoms with Crippen molar-refractivity contribution in [2.45, 2.75) is 0 Å². The van der Waals surface area contributed by atoms with Crippen LogP contribution in [0.1, 0.15) is 10.4 Å². The van der Waals surface area contributed by atoms with Crippen LogP contribution in [0.2, 0.25) is 0 Å². The van der Waals surface area contributed by atoms with Crippen molar-refractivity contribution in [1.82, 2.24) is 0 Å².